The van der Waals surface area contributed by atoms with Crippen LogP contribution in [0.5, 0.6) is 6.01 Å². The molecule has 4 aromatic rings. The van der Waals surface area contributed by atoms with Crippen molar-refractivity contribution in [3.05, 3.63) is 83.3 Å². The van der Waals surface area contributed by atoms with Gasteiger partial charge in [0.25, 0.3) is 0 Å². The molecule has 0 N–H and O–H groups in total. The van der Waals surface area contributed by atoms with Crippen molar-refractivity contribution in [3.63, 3.8) is 0 Å². The summed E-state index contributed by atoms with van der Waals surface area (Å²) in [6.07, 6.45) is 5.93. The average Bonchev–Trinajstić information content (AvgIpc) is 3.37. The molecule has 0 radical (unpaired) electrons. The molecule has 2 aromatic carbocycles. The molecule has 0 amide bonds. The predicted molar refractivity (Wildman–Crippen MR) is 137 cm³/mol. The highest BCUT2D eigenvalue weighted by Crippen LogP contribution is 2.38. The Morgan fingerprint density at radius 2 is 1.89 bits per heavy atom. The number of aromatic nitrogens is 3. The standard InChI is InChI=1S/C28H26N6O/c1-19-7-8-22(16-24(19)30-3)25-26(21-9-11-23(29-2)12-10-21)32-28(34-15-13-31-27(25)34)35-18-20-6-5-14-33(4)17-20/h7-13,15-16,20H,5-6,14,17-18H2,1,4H3/t20-/m1/s1. The van der Waals surface area contributed by atoms with E-state index in [1.54, 1.807) is 18.3 Å². The number of likely N-dealkylation sites (tertiary alicyclic amines) is 1. The second-order valence-corrected chi connectivity index (χ2v) is 9.09. The molecule has 5 rings (SSSR count). The Hall–Kier alpha value is -4.20. The Balaban J connectivity index is 1.65. The van der Waals surface area contributed by atoms with Crippen LogP contribution >= 0.6 is 0 Å². The van der Waals surface area contributed by atoms with Gasteiger partial charge in [-0.2, -0.15) is 4.98 Å². The van der Waals surface area contributed by atoms with Gasteiger partial charge in [-0.25, -0.2) is 14.7 Å². The monoisotopic (exact) mass is 462 g/mol. The van der Waals surface area contributed by atoms with Gasteiger partial charge in [-0.05, 0) is 56.1 Å². The Kier molecular flexibility index (Phi) is 6.18. The number of imidazole rings is 1. The van der Waals surface area contributed by atoms with Crippen molar-refractivity contribution in [2.24, 2.45) is 5.92 Å². The summed E-state index contributed by atoms with van der Waals surface area (Å²) in [4.78, 5) is 19.2. The number of piperidine rings is 1. The molecule has 1 fully saturated rings. The Morgan fingerprint density at radius 3 is 2.63 bits per heavy atom. The molecule has 0 aliphatic carbocycles. The van der Waals surface area contributed by atoms with Gasteiger partial charge in [-0.15, -0.1) is 0 Å². The SMILES string of the molecule is [C-]#[N+]c1ccc(-c2nc(OC[C@@H]3CCCN(C)C3)n3ccnc3c2-c2ccc(C)c([N+]#[C-])c2)cc1. The number of hydrogen-bond donors (Lipinski definition) is 0. The van der Waals surface area contributed by atoms with E-state index in [0.717, 1.165) is 53.1 Å². The lowest BCUT2D eigenvalue weighted by atomic mass is 9.98. The molecule has 1 atom stereocenters. The first kappa shape index (κ1) is 22.6. The van der Waals surface area contributed by atoms with Crippen LogP contribution in [0.25, 0.3) is 37.7 Å². The van der Waals surface area contributed by atoms with Crippen LogP contribution in [0.15, 0.2) is 54.9 Å². The number of aryl methyl sites for hydroxylation is 1. The summed E-state index contributed by atoms with van der Waals surface area (Å²) < 4.78 is 8.20. The van der Waals surface area contributed by atoms with Gasteiger partial charge >= 0.3 is 6.01 Å². The molecule has 0 bridgehead atoms. The Morgan fingerprint density at radius 1 is 1.09 bits per heavy atom. The largest absolute Gasteiger partial charge is 0.464 e. The van der Waals surface area contributed by atoms with Gasteiger partial charge in [0.05, 0.1) is 31.0 Å². The van der Waals surface area contributed by atoms with Crippen molar-refractivity contribution in [3.8, 4) is 28.4 Å². The number of nitrogens with zero attached hydrogens (tertiary/aromatic N) is 6. The van der Waals surface area contributed by atoms with E-state index in [1.165, 1.54) is 6.42 Å². The minimum absolute atomic E-state index is 0.452. The fourth-order valence-corrected chi connectivity index (χ4v) is 4.71. The lowest BCUT2D eigenvalue weighted by Crippen LogP contribution is -2.35. The van der Waals surface area contributed by atoms with Crippen LogP contribution < -0.4 is 4.74 Å². The molecule has 3 heterocycles. The van der Waals surface area contributed by atoms with Crippen LogP contribution in [0, 0.1) is 26.0 Å². The molecule has 1 aliphatic heterocycles. The minimum atomic E-state index is 0.452. The number of rotatable bonds is 5. The highest BCUT2D eigenvalue weighted by Gasteiger charge is 2.22. The summed E-state index contributed by atoms with van der Waals surface area (Å²) in [6, 6.07) is 13.7. The maximum absolute atomic E-state index is 7.58. The molecule has 2 aromatic heterocycles. The van der Waals surface area contributed by atoms with Gasteiger partial charge in [0.2, 0.25) is 0 Å². The Labute approximate surface area is 205 Å². The van der Waals surface area contributed by atoms with Crippen molar-refractivity contribution in [1.29, 1.82) is 0 Å². The Bertz CT molecular complexity index is 1460. The van der Waals surface area contributed by atoms with Gasteiger partial charge < -0.3 is 9.64 Å². The number of ether oxygens (including phenoxy) is 1. The molecular weight excluding hydrogens is 436 g/mol. The fourth-order valence-electron chi connectivity index (χ4n) is 4.71. The summed E-state index contributed by atoms with van der Waals surface area (Å²) in [6.45, 7) is 19.5. The zero-order valence-corrected chi connectivity index (χ0v) is 19.9. The summed E-state index contributed by atoms with van der Waals surface area (Å²) in [7, 11) is 2.15. The molecule has 0 spiro atoms. The zero-order valence-electron chi connectivity index (χ0n) is 19.9. The third-order valence-corrected chi connectivity index (χ3v) is 6.57. The van der Waals surface area contributed by atoms with Crippen LogP contribution in [-0.4, -0.2) is 46.0 Å². The zero-order chi connectivity index (χ0) is 24.4. The molecule has 174 valence electrons. The van der Waals surface area contributed by atoms with E-state index in [0.29, 0.717) is 29.9 Å². The first-order valence-corrected chi connectivity index (χ1v) is 11.7. The van der Waals surface area contributed by atoms with Gasteiger partial charge in [-0.3, -0.25) is 4.40 Å². The second kappa shape index (κ2) is 9.58. The quantitative estimate of drug-likeness (QED) is 0.332. The van der Waals surface area contributed by atoms with E-state index in [1.807, 2.05) is 47.9 Å². The van der Waals surface area contributed by atoms with Crippen molar-refractivity contribution >= 4 is 17.0 Å². The lowest BCUT2D eigenvalue weighted by molar-refractivity contribution is 0.143. The minimum Gasteiger partial charge on any atom is -0.464 e. The summed E-state index contributed by atoms with van der Waals surface area (Å²) >= 11 is 0. The third-order valence-electron chi connectivity index (χ3n) is 6.57. The molecular formula is C28H26N6O. The van der Waals surface area contributed by atoms with Crippen LogP contribution in [0.4, 0.5) is 11.4 Å². The van der Waals surface area contributed by atoms with Gasteiger partial charge in [0, 0.05) is 24.9 Å². The first-order chi connectivity index (χ1) is 17.1. The van der Waals surface area contributed by atoms with E-state index in [4.69, 9.17) is 22.9 Å². The number of fused-ring (bicyclic) bond motifs is 1. The van der Waals surface area contributed by atoms with E-state index in [9.17, 15) is 0 Å². The first-order valence-electron chi connectivity index (χ1n) is 11.7. The smallest absolute Gasteiger partial charge is 0.302 e. The fraction of sp³-hybridized carbons (Fsp3) is 0.286. The maximum atomic E-state index is 7.58. The average molecular weight is 463 g/mol. The topological polar surface area (TPSA) is 51.4 Å². The summed E-state index contributed by atoms with van der Waals surface area (Å²) in [5.74, 6) is 0.452. The lowest BCUT2D eigenvalue weighted by Gasteiger charge is -2.29. The normalized spacial score (nSPS) is 16.1. The van der Waals surface area contributed by atoms with Gasteiger partial charge in [0.15, 0.2) is 17.0 Å². The molecule has 7 heteroatoms. The van der Waals surface area contributed by atoms with E-state index in [2.05, 4.69) is 26.6 Å². The van der Waals surface area contributed by atoms with Crippen LogP contribution in [0.1, 0.15) is 18.4 Å². The molecule has 7 nitrogen and oxygen atoms in total. The van der Waals surface area contributed by atoms with Crippen LogP contribution in [0.2, 0.25) is 0 Å². The highest BCUT2D eigenvalue weighted by atomic mass is 16.5. The van der Waals surface area contributed by atoms with Gasteiger partial charge in [-0.1, -0.05) is 36.4 Å². The maximum Gasteiger partial charge on any atom is 0.302 e. The number of hydrogen-bond acceptors (Lipinski definition) is 4. The predicted octanol–water partition coefficient (Wildman–Crippen LogP) is 6.19. The van der Waals surface area contributed by atoms with Crippen molar-refractivity contribution in [2.45, 2.75) is 19.8 Å². The van der Waals surface area contributed by atoms with Crippen molar-refractivity contribution in [1.82, 2.24) is 19.3 Å². The molecule has 0 saturated carbocycles. The van der Waals surface area contributed by atoms with E-state index in [-0.39, 0.29) is 0 Å². The number of benzene rings is 2. The molecule has 0 unspecified atom stereocenters. The van der Waals surface area contributed by atoms with Gasteiger partial charge in [0.1, 0.15) is 0 Å². The molecule has 1 aliphatic rings. The molecule has 1 saturated heterocycles. The van der Waals surface area contributed by atoms with Crippen molar-refractivity contribution in [2.75, 3.05) is 26.7 Å². The van der Waals surface area contributed by atoms with E-state index >= 15 is 0 Å². The van der Waals surface area contributed by atoms with Crippen LogP contribution in [-0.2, 0) is 0 Å². The molecule has 35 heavy (non-hydrogen) atoms. The summed E-state index contributed by atoms with van der Waals surface area (Å²) in [5.41, 5.74) is 6.11. The van der Waals surface area contributed by atoms with E-state index < -0.39 is 0 Å². The highest BCUT2D eigenvalue weighted by molar-refractivity contribution is 5.91. The van der Waals surface area contributed by atoms with Crippen molar-refractivity contribution < 1.29 is 4.74 Å². The third kappa shape index (κ3) is 4.47. The summed E-state index contributed by atoms with van der Waals surface area (Å²) in [5, 5.41) is 0. The second-order valence-electron chi connectivity index (χ2n) is 9.09. The van der Waals surface area contributed by atoms with Crippen LogP contribution in [0.3, 0.4) is 0 Å².